The lowest BCUT2D eigenvalue weighted by atomic mass is 10.0. The molecule has 3 atom stereocenters. The zero-order valence-corrected chi connectivity index (χ0v) is 40.1. The molecule has 4 aromatic carbocycles. The Kier molecular flexibility index (Phi) is 25.3. The second kappa shape index (κ2) is 31.3. The number of aliphatic hydroxyl groups excluding tert-OH is 3. The molecule has 0 aliphatic heterocycles. The van der Waals surface area contributed by atoms with Gasteiger partial charge in [-0.2, -0.15) is 0 Å². The third-order valence-corrected chi connectivity index (χ3v) is 11.2. The van der Waals surface area contributed by atoms with Gasteiger partial charge in [0.2, 0.25) is 5.91 Å². The number of esters is 3. The summed E-state index contributed by atoms with van der Waals surface area (Å²) in [4.78, 5) is 52.0. The summed E-state index contributed by atoms with van der Waals surface area (Å²) in [5.74, 6) is 3.13. The lowest BCUT2D eigenvalue weighted by molar-refractivity contribution is -0.153. The van der Waals surface area contributed by atoms with Crippen LogP contribution in [0.5, 0.6) is 0 Å². The highest BCUT2D eigenvalue weighted by atomic mass is 16.6. The first kappa shape index (κ1) is 55.8. The Morgan fingerprint density at radius 2 is 0.986 bits per heavy atom. The molecule has 69 heavy (non-hydrogen) atoms. The third kappa shape index (κ3) is 21.1. The molecule has 0 fully saturated rings. The Morgan fingerprint density at radius 1 is 0.551 bits per heavy atom. The quantitative estimate of drug-likeness (QED) is 0.0197. The Bertz CT molecular complexity index is 2190. The topological polar surface area (TPSA) is 188 Å². The lowest BCUT2D eigenvalue weighted by Gasteiger charge is -2.22. The molecule has 14 heteroatoms. The smallest absolute Gasteiger partial charge is 0.338 e. The van der Waals surface area contributed by atoms with Crippen LogP contribution in [0.3, 0.4) is 0 Å². The summed E-state index contributed by atoms with van der Waals surface area (Å²) in [6.07, 6.45) is 17.8. The molecule has 0 aliphatic rings. The summed E-state index contributed by atoms with van der Waals surface area (Å²) in [5, 5.41) is 35.3. The average molecular weight is 952 g/mol. The predicted molar refractivity (Wildman–Crippen MR) is 263 cm³/mol. The van der Waals surface area contributed by atoms with Crippen molar-refractivity contribution in [2.75, 3.05) is 66.4 Å². The van der Waals surface area contributed by atoms with E-state index in [1.807, 2.05) is 36.4 Å². The van der Waals surface area contributed by atoms with Crippen LogP contribution in [0.2, 0.25) is 0 Å². The van der Waals surface area contributed by atoms with Crippen LogP contribution >= 0.6 is 0 Å². The second-order valence-corrected chi connectivity index (χ2v) is 17.3. The van der Waals surface area contributed by atoms with E-state index in [4.69, 9.17) is 41.3 Å². The number of nitrogens with zero attached hydrogens (tertiary/aromatic N) is 1. The van der Waals surface area contributed by atoms with Gasteiger partial charge in [-0.1, -0.05) is 107 Å². The van der Waals surface area contributed by atoms with Crippen molar-refractivity contribution in [3.05, 3.63) is 95.1 Å². The fourth-order valence-electron chi connectivity index (χ4n) is 7.31. The average Bonchev–Trinajstić information content (AvgIpc) is 3.34. The molecule has 1 amide bonds. The summed E-state index contributed by atoms with van der Waals surface area (Å²) in [5.41, 5.74) is 2.58. The molecule has 14 nitrogen and oxygen atoms in total. The first-order valence-electron chi connectivity index (χ1n) is 23.9. The molecule has 0 bridgehead atoms. The molecular formula is C55H69NO13. The van der Waals surface area contributed by atoms with Crippen molar-refractivity contribution >= 4 is 45.4 Å². The molecular weight excluding hydrogens is 883 g/mol. The van der Waals surface area contributed by atoms with E-state index in [2.05, 4.69) is 18.8 Å². The van der Waals surface area contributed by atoms with Gasteiger partial charge in [-0.25, -0.2) is 9.59 Å². The lowest BCUT2D eigenvalue weighted by Crippen LogP contribution is -2.36. The number of unbranched alkanes of at least 4 members (excludes halogenated alkanes) is 8. The van der Waals surface area contributed by atoms with Crippen molar-refractivity contribution in [2.45, 2.75) is 108 Å². The summed E-state index contributed by atoms with van der Waals surface area (Å²) in [6.45, 7) is -0.341. The van der Waals surface area contributed by atoms with Crippen molar-refractivity contribution in [1.29, 1.82) is 0 Å². The zero-order chi connectivity index (χ0) is 49.8. The molecule has 0 spiro atoms. The zero-order valence-electron chi connectivity index (χ0n) is 40.1. The van der Waals surface area contributed by atoms with Gasteiger partial charge in [0.1, 0.15) is 50.8 Å². The van der Waals surface area contributed by atoms with Gasteiger partial charge in [0.25, 0.3) is 0 Å². The van der Waals surface area contributed by atoms with Crippen molar-refractivity contribution in [3.8, 4) is 24.7 Å². The van der Waals surface area contributed by atoms with Gasteiger partial charge in [0.05, 0.1) is 44.2 Å². The molecule has 372 valence electrons. The Balaban J connectivity index is 1.21. The number of amides is 1. The summed E-state index contributed by atoms with van der Waals surface area (Å²) in [7, 11) is 1.54. The van der Waals surface area contributed by atoms with Crippen LogP contribution in [0, 0.1) is 24.7 Å². The van der Waals surface area contributed by atoms with Crippen LogP contribution in [0.15, 0.2) is 72.8 Å². The van der Waals surface area contributed by atoms with Crippen LogP contribution in [-0.4, -0.2) is 135 Å². The number of benzene rings is 4. The first-order valence-corrected chi connectivity index (χ1v) is 23.9. The van der Waals surface area contributed by atoms with E-state index in [0.29, 0.717) is 30.4 Å². The van der Waals surface area contributed by atoms with E-state index < -0.39 is 48.9 Å². The Morgan fingerprint density at radius 3 is 1.48 bits per heavy atom. The minimum Gasteiger partial charge on any atom is -0.462 e. The number of fused-ring (bicyclic) bond motifs is 2. The molecule has 0 radical (unpaired) electrons. The van der Waals surface area contributed by atoms with E-state index in [1.54, 1.807) is 36.4 Å². The number of rotatable bonds is 33. The van der Waals surface area contributed by atoms with Crippen molar-refractivity contribution < 1.29 is 62.9 Å². The largest absolute Gasteiger partial charge is 0.462 e. The first-order chi connectivity index (χ1) is 33.4. The maximum atomic E-state index is 12.8. The standard InChI is InChI=1S/C55H69NO13/c1-5-8-9-10-11-12-13-14-15-18-52(60)56(4)31-53(61)67-35-50(59)34-66-51(38-64-32-48(57)36-68-54(62)46-25-23-42-27-40(16-6-2)19-21-44(42)29-46)39-65-33-49(58)37-69-55(63)47-26-24-43-28-41(17-7-3)20-22-45(43)30-47/h2-3,19-30,48-51,57-59H,5,8-18,31-39H2,1,4H3. The summed E-state index contributed by atoms with van der Waals surface area (Å²) >= 11 is 0. The highest BCUT2D eigenvalue weighted by Crippen LogP contribution is 2.21. The van der Waals surface area contributed by atoms with E-state index in [1.165, 1.54) is 44.1 Å². The number of likely N-dealkylation sites (N-methyl/N-ethyl adjacent to an activating group) is 1. The van der Waals surface area contributed by atoms with Crippen LogP contribution in [0.4, 0.5) is 0 Å². The highest BCUT2D eigenvalue weighted by Gasteiger charge is 2.20. The number of hydrogen-bond acceptors (Lipinski definition) is 13. The maximum Gasteiger partial charge on any atom is 0.338 e. The normalized spacial score (nSPS) is 12.9. The molecule has 0 saturated carbocycles. The highest BCUT2D eigenvalue weighted by molar-refractivity contribution is 5.96. The van der Waals surface area contributed by atoms with Gasteiger partial charge in [0, 0.05) is 26.3 Å². The van der Waals surface area contributed by atoms with E-state index in [0.717, 1.165) is 58.4 Å². The fourth-order valence-corrected chi connectivity index (χ4v) is 7.31. The molecule has 4 rings (SSSR count). The van der Waals surface area contributed by atoms with Crippen molar-refractivity contribution in [3.63, 3.8) is 0 Å². The minimum absolute atomic E-state index is 0.158. The fraction of sp³-hybridized carbons (Fsp3) is 0.491. The summed E-state index contributed by atoms with van der Waals surface area (Å²) in [6, 6.07) is 21.7. The molecule has 0 aliphatic carbocycles. The number of aliphatic hydroxyl groups is 3. The molecule has 0 aromatic heterocycles. The number of carbonyl (C=O) groups excluding carboxylic acids is 4. The maximum absolute atomic E-state index is 12.8. The SMILES string of the molecule is C#CCc1ccc2cc(C(=O)OCC(O)COCC(COCC(O)COC(=O)c3ccc4cc(CC#C)ccc4c3)OCC(O)COC(=O)CN(C)C(=O)CCCCCCCCCCC)ccc2c1. The van der Waals surface area contributed by atoms with E-state index in [-0.39, 0.29) is 58.7 Å². The second-order valence-electron chi connectivity index (χ2n) is 17.3. The van der Waals surface area contributed by atoms with Gasteiger partial charge >= 0.3 is 17.9 Å². The van der Waals surface area contributed by atoms with Gasteiger partial charge in [-0.05, 0) is 63.4 Å². The molecule has 0 heterocycles. The molecule has 4 aromatic rings. The monoisotopic (exact) mass is 951 g/mol. The van der Waals surface area contributed by atoms with Crippen LogP contribution in [0.1, 0.15) is 103 Å². The van der Waals surface area contributed by atoms with Gasteiger partial charge < -0.3 is 48.6 Å². The summed E-state index contributed by atoms with van der Waals surface area (Å²) < 4.78 is 33.1. The van der Waals surface area contributed by atoms with Crippen LogP contribution < -0.4 is 0 Å². The Labute approximate surface area is 406 Å². The van der Waals surface area contributed by atoms with Gasteiger partial charge in [-0.15, -0.1) is 24.7 Å². The van der Waals surface area contributed by atoms with E-state index >= 15 is 0 Å². The van der Waals surface area contributed by atoms with Crippen LogP contribution in [-0.2, 0) is 50.9 Å². The number of carbonyl (C=O) groups is 4. The Hall–Kier alpha value is -5.84. The molecule has 3 N–H and O–H groups in total. The number of ether oxygens (including phenoxy) is 6. The van der Waals surface area contributed by atoms with Gasteiger partial charge in [0.15, 0.2) is 0 Å². The van der Waals surface area contributed by atoms with Gasteiger partial charge in [-0.3, -0.25) is 9.59 Å². The predicted octanol–water partition coefficient (Wildman–Crippen LogP) is 6.78. The number of terminal acetylenes is 2. The third-order valence-electron chi connectivity index (χ3n) is 11.2. The molecule has 0 saturated heterocycles. The van der Waals surface area contributed by atoms with E-state index in [9.17, 15) is 34.5 Å². The molecule has 3 unspecified atom stereocenters. The van der Waals surface area contributed by atoms with Crippen molar-refractivity contribution in [2.24, 2.45) is 0 Å². The van der Waals surface area contributed by atoms with Crippen molar-refractivity contribution in [1.82, 2.24) is 4.90 Å². The number of hydrogen-bond donors (Lipinski definition) is 3. The minimum atomic E-state index is -1.25. The van der Waals surface area contributed by atoms with Crippen LogP contribution in [0.25, 0.3) is 21.5 Å².